The summed E-state index contributed by atoms with van der Waals surface area (Å²) in [5, 5.41) is 20.4. The number of imide groups is 1. The molecule has 0 aromatic carbocycles. The summed E-state index contributed by atoms with van der Waals surface area (Å²) in [6.45, 7) is 0. The Morgan fingerprint density at radius 3 is 1.84 bits per heavy atom. The summed E-state index contributed by atoms with van der Waals surface area (Å²) >= 11 is 0. The first-order chi connectivity index (χ1) is 9.15. The van der Waals surface area contributed by atoms with E-state index >= 15 is 0 Å². The Hall–Kier alpha value is -1.92. The summed E-state index contributed by atoms with van der Waals surface area (Å²) in [6.07, 6.45) is 4.01. The van der Waals surface area contributed by atoms with Gasteiger partial charge in [-0.3, -0.25) is 14.9 Å². The lowest BCUT2D eigenvalue weighted by atomic mass is 9.57. The fourth-order valence-corrected chi connectivity index (χ4v) is 3.12. The first-order valence-electron chi connectivity index (χ1n) is 6.37. The summed E-state index contributed by atoms with van der Waals surface area (Å²) in [5.41, 5.74) is 3.75. The molecular formula is C13H18N4O2. The molecule has 2 amide bonds. The number of carbonyl (C=O) groups excluding carboxylic acids is 2. The molecule has 1 saturated heterocycles. The predicted octanol–water partition coefficient (Wildman–Crippen LogP) is 0.448. The molecule has 0 radical (unpaired) electrons. The van der Waals surface area contributed by atoms with Crippen LogP contribution in [-0.2, 0) is 9.59 Å². The zero-order valence-corrected chi connectivity index (χ0v) is 11.0. The fraction of sp³-hybridized carbons (Fsp3) is 0.692. The van der Waals surface area contributed by atoms with Gasteiger partial charge in [0.25, 0.3) is 0 Å². The summed E-state index contributed by atoms with van der Waals surface area (Å²) in [5.74, 6) is -2.81. The Labute approximate surface area is 112 Å². The summed E-state index contributed by atoms with van der Waals surface area (Å²) in [4.78, 5) is 23.4. The molecule has 2 fully saturated rings. The number of rotatable bonds is 0. The third kappa shape index (κ3) is 2.45. The summed E-state index contributed by atoms with van der Waals surface area (Å²) < 4.78 is 0. The van der Waals surface area contributed by atoms with Crippen molar-refractivity contribution in [1.82, 2.24) is 5.32 Å². The van der Waals surface area contributed by atoms with Crippen LogP contribution in [0.15, 0.2) is 0 Å². The number of hydrogen-bond acceptors (Lipinski definition) is 5. The molecule has 1 aliphatic carbocycles. The second-order valence-electron chi connectivity index (χ2n) is 4.77. The molecule has 1 heterocycles. The average molecular weight is 262 g/mol. The first-order valence-corrected chi connectivity index (χ1v) is 6.37. The number of nitrogens with zero attached hydrogens (tertiary/aromatic N) is 2. The van der Waals surface area contributed by atoms with E-state index < -0.39 is 29.1 Å². The minimum atomic E-state index is -0.870. The molecule has 102 valence electrons. The van der Waals surface area contributed by atoms with Gasteiger partial charge in [-0.1, -0.05) is 19.3 Å². The third-order valence-electron chi connectivity index (χ3n) is 3.96. The molecule has 19 heavy (non-hydrogen) atoms. The predicted molar refractivity (Wildman–Crippen MR) is 67.0 cm³/mol. The van der Waals surface area contributed by atoms with Crippen LogP contribution in [0.4, 0.5) is 0 Å². The van der Waals surface area contributed by atoms with Crippen LogP contribution in [0.1, 0.15) is 32.1 Å². The molecule has 2 aliphatic rings. The van der Waals surface area contributed by atoms with E-state index in [4.69, 9.17) is 10.5 Å². The lowest BCUT2D eigenvalue weighted by molar-refractivity contribution is -0.146. The van der Waals surface area contributed by atoms with Crippen molar-refractivity contribution in [1.29, 1.82) is 10.5 Å². The van der Waals surface area contributed by atoms with E-state index in [-0.39, 0.29) is 0 Å². The van der Waals surface area contributed by atoms with Crippen LogP contribution in [0.5, 0.6) is 0 Å². The average Bonchev–Trinajstić information content (AvgIpc) is 2.42. The number of nitrogens with one attached hydrogen (secondary N) is 1. The van der Waals surface area contributed by atoms with Gasteiger partial charge in [-0.25, -0.2) is 0 Å². The quantitative estimate of drug-likeness (QED) is 0.614. The Morgan fingerprint density at radius 2 is 1.47 bits per heavy atom. The Kier molecular flexibility index (Phi) is 5.02. The van der Waals surface area contributed by atoms with Gasteiger partial charge in [0.1, 0.15) is 11.8 Å². The monoisotopic (exact) mass is 262 g/mol. The maximum Gasteiger partial charge on any atom is 0.244 e. The van der Waals surface area contributed by atoms with Crippen LogP contribution in [0.3, 0.4) is 0 Å². The minimum absolute atomic E-state index is 0.536. The van der Waals surface area contributed by atoms with Gasteiger partial charge in [-0.15, -0.1) is 0 Å². The van der Waals surface area contributed by atoms with E-state index in [2.05, 4.69) is 11.1 Å². The second-order valence-corrected chi connectivity index (χ2v) is 4.77. The van der Waals surface area contributed by atoms with Crippen LogP contribution < -0.4 is 11.1 Å². The van der Waals surface area contributed by atoms with E-state index in [0.717, 1.165) is 19.3 Å². The van der Waals surface area contributed by atoms with E-state index in [1.165, 1.54) is 7.05 Å². The van der Waals surface area contributed by atoms with Crippen LogP contribution in [0, 0.1) is 39.9 Å². The van der Waals surface area contributed by atoms with Gasteiger partial charge in [0.2, 0.25) is 11.8 Å². The lowest BCUT2D eigenvalue weighted by Crippen LogP contribution is -2.58. The number of piperidine rings is 1. The van der Waals surface area contributed by atoms with Crippen molar-refractivity contribution in [3.63, 3.8) is 0 Å². The normalized spacial score (nSPS) is 28.4. The molecule has 6 heteroatoms. The fourth-order valence-electron chi connectivity index (χ4n) is 3.12. The van der Waals surface area contributed by atoms with Crippen molar-refractivity contribution in [3.8, 4) is 12.1 Å². The van der Waals surface area contributed by atoms with E-state index in [0.29, 0.717) is 12.8 Å². The van der Waals surface area contributed by atoms with Gasteiger partial charge < -0.3 is 5.73 Å². The highest BCUT2D eigenvalue weighted by Crippen LogP contribution is 2.50. The van der Waals surface area contributed by atoms with Crippen molar-refractivity contribution < 1.29 is 9.59 Å². The SMILES string of the molecule is CN.N#CC1C(=O)NC(=O)C(C#N)C12CCCCC2. The molecule has 3 N–H and O–H groups in total. The molecule has 1 saturated carbocycles. The molecule has 1 spiro atoms. The molecule has 2 unspecified atom stereocenters. The Balaban J connectivity index is 0.000000861. The van der Waals surface area contributed by atoms with E-state index in [9.17, 15) is 9.59 Å². The molecule has 1 aliphatic heterocycles. The lowest BCUT2D eigenvalue weighted by Gasteiger charge is -2.44. The zero-order chi connectivity index (χ0) is 14.5. The van der Waals surface area contributed by atoms with Crippen LogP contribution in [0.25, 0.3) is 0 Å². The van der Waals surface area contributed by atoms with Gasteiger partial charge in [0, 0.05) is 5.41 Å². The number of amides is 2. The molecule has 0 aromatic heterocycles. The van der Waals surface area contributed by atoms with Gasteiger partial charge >= 0.3 is 0 Å². The summed E-state index contributed by atoms with van der Waals surface area (Å²) in [6, 6.07) is 3.97. The molecule has 0 bridgehead atoms. The van der Waals surface area contributed by atoms with Gasteiger partial charge in [-0.2, -0.15) is 10.5 Å². The highest BCUT2D eigenvalue weighted by Gasteiger charge is 2.56. The Bertz CT molecular complexity index is 407. The van der Waals surface area contributed by atoms with Gasteiger partial charge in [0.05, 0.1) is 12.1 Å². The van der Waals surface area contributed by atoms with E-state index in [1.54, 1.807) is 0 Å². The molecule has 2 rings (SSSR count). The van der Waals surface area contributed by atoms with Crippen molar-refractivity contribution in [2.45, 2.75) is 32.1 Å². The molecular weight excluding hydrogens is 244 g/mol. The largest absolute Gasteiger partial charge is 0.333 e. The number of carbonyl (C=O) groups is 2. The first kappa shape index (κ1) is 15.1. The number of nitrogens with two attached hydrogens (primary N) is 1. The van der Waals surface area contributed by atoms with Gasteiger partial charge in [0.15, 0.2) is 0 Å². The van der Waals surface area contributed by atoms with Crippen LogP contribution in [0.2, 0.25) is 0 Å². The topological polar surface area (TPSA) is 120 Å². The second kappa shape index (κ2) is 6.31. The zero-order valence-electron chi connectivity index (χ0n) is 11.0. The van der Waals surface area contributed by atoms with Crippen LogP contribution >= 0.6 is 0 Å². The van der Waals surface area contributed by atoms with Crippen molar-refractivity contribution >= 4 is 11.8 Å². The van der Waals surface area contributed by atoms with E-state index in [1.807, 2.05) is 12.1 Å². The van der Waals surface area contributed by atoms with Crippen molar-refractivity contribution in [2.75, 3.05) is 7.05 Å². The standard InChI is InChI=1S/C12H13N3O2.CH5N/c13-6-8-10(16)15-11(17)9(7-14)12(8)4-2-1-3-5-12;1-2/h8-9H,1-5H2,(H,15,16,17);2H2,1H3. The highest BCUT2D eigenvalue weighted by atomic mass is 16.2. The van der Waals surface area contributed by atoms with Crippen molar-refractivity contribution in [3.05, 3.63) is 0 Å². The molecule has 6 nitrogen and oxygen atoms in total. The maximum absolute atomic E-state index is 11.7. The summed E-state index contributed by atoms with van der Waals surface area (Å²) in [7, 11) is 1.50. The minimum Gasteiger partial charge on any atom is -0.333 e. The molecule has 2 atom stereocenters. The number of hydrogen-bond donors (Lipinski definition) is 2. The highest BCUT2D eigenvalue weighted by molar-refractivity contribution is 6.03. The smallest absolute Gasteiger partial charge is 0.244 e. The maximum atomic E-state index is 11.7. The Morgan fingerprint density at radius 1 is 1.05 bits per heavy atom. The third-order valence-corrected chi connectivity index (χ3v) is 3.96. The number of nitriles is 2. The van der Waals surface area contributed by atoms with Crippen molar-refractivity contribution in [2.24, 2.45) is 23.0 Å². The molecule has 0 aromatic rings. The van der Waals surface area contributed by atoms with Gasteiger partial charge in [-0.05, 0) is 19.9 Å². The van der Waals surface area contributed by atoms with Crippen LogP contribution in [-0.4, -0.2) is 18.9 Å².